The number of halogens is 4. The average molecular weight is 685 g/mol. The summed E-state index contributed by atoms with van der Waals surface area (Å²) in [5.74, 6) is -2.14. The van der Waals surface area contributed by atoms with E-state index in [0.29, 0.717) is 27.3 Å². The van der Waals surface area contributed by atoms with Gasteiger partial charge in [0.05, 0.1) is 16.5 Å². The van der Waals surface area contributed by atoms with Crippen LogP contribution in [-0.4, -0.2) is 54.1 Å². The smallest absolute Gasteiger partial charge is 0.422 e. The minimum absolute atomic E-state index is 0.236. The summed E-state index contributed by atoms with van der Waals surface area (Å²) in [6.45, 7) is -0.0738. The van der Waals surface area contributed by atoms with Crippen LogP contribution in [0.3, 0.4) is 0 Å². The summed E-state index contributed by atoms with van der Waals surface area (Å²) < 4.78 is 87.4. The van der Waals surface area contributed by atoms with Crippen LogP contribution in [0.4, 0.5) is 39.7 Å². The van der Waals surface area contributed by atoms with Gasteiger partial charge in [0, 0.05) is 29.8 Å². The molecule has 1 atom stereocenters. The highest BCUT2D eigenvalue weighted by Gasteiger charge is 2.32. The van der Waals surface area contributed by atoms with E-state index in [9.17, 15) is 35.6 Å². The Hall–Kier alpha value is -5.51. The van der Waals surface area contributed by atoms with Gasteiger partial charge >= 0.3 is 12.3 Å². The zero-order valence-electron chi connectivity index (χ0n) is 25.2. The molecule has 48 heavy (non-hydrogen) atoms. The molecular weight excluding hydrogens is 658 g/mol. The number of amides is 2. The SMILES string of the molecule is [CH2]OC(=O)N(c1nc2ccc(-c3ccc(NC(=O)[C@H](C)c4ccc(F)cc4)cc3)cn2n1)c1ccc(S(C)(=O)=O)cc1OCC(F)(F)F. The van der Waals surface area contributed by atoms with E-state index in [1.807, 2.05) is 0 Å². The maximum Gasteiger partial charge on any atom is 0.422 e. The largest absolute Gasteiger partial charge is 0.482 e. The van der Waals surface area contributed by atoms with Crippen molar-refractivity contribution in [1.82, 2.24) is 14.6 Å². The van der Waals surface area contributed by atoms with Crippen LogP contribution in [-0.2, 0) is 19.4 Å². The number of fused-ring (bicyclic) bond motifs is 1. The number of benzene rings is 3. The fourth-order valence-electron chi connectivity index (χ4n) is 4.57. The summed E-state index contributed by atoms with van der Waals surface area (Å²) in [5.41, 5.74) is 2.45. The van der Waals surface area contributed by atoms with Crippen LogP contribution in [0.5, 0.6) is 5.75 Å². The number of carbonyl (C=O) groups is 2. The summed E-state index contributed by atoms with van der Waals surface area (Å²) in [6, 6.07) is 18.8. The molecule has 2 amide bonds. The van der Waals surface area contributed by atoms with Crippen molar-refractivity contribution in [1.29, 1.82) is 0 Å². The number of aromatic nitrogens is 3. The van der Waals surface area contributed by atoms with E-state index in [2.05, 4.69) is 27.2 Å². The molecule has 1 N–H and O–H groups in total. The Bertz CT molecular complexity index is 2090. The molecule has 0 bridgehead atoms. The molecule has 1 radical (unpaired) electrons. The number of nitrogens with one attached hydrogen (secondary N) is 1. The lowest BCUT2D eigenvalue weighted by Gasteiger charge is -2.21. The maximum atomic E-state index is 13.2. The summed E-state index contributed by atoms with van der Waals surface area (Å²) in [7, 11) is -0.785. The number of carbonyl (C=O) groups excluding carboxylic acids is 2. The van der Waals surface area contributed by atoms with Gasteiger partial charge in [0.15, 0.2) is 22.1 Å². The molecule has 0 saturated carbocycles. The topological polar surface area (TPSA) is 132 Å². The quantitative estimate of drug-likeness (QED) is 0.170. The summed E-state index contributed by atoms with van der Waals surface area (Å²) in [6.07, 6.45) is -3.53. The van der Waals surface area contributed by atoms with Crippen molar-refractivity contribution in [2.75, 3.05) is 23.1 Å². The van der Waals surface area contributed by atoms with Crippen molar-refractivity contribution >= 4 is 44.8 Å². The predicted octanol–water partition coefficient (Wildman–Crippen LogP) is 6.69. The zero-order chi connectivity index (χ0) is 34.8. The lowest BCUT2D eigenvalue weighted by atomic mass is 10.00. The van der Waals surface area contributed by atoms with E-state index < -0.39 is 46.2 Å². The fraction of sp³-hybridized carbons (Fsp3) is 0.156. The van der Waals surface area contributed by atoms with E-state index in [-0.39, 0.29) is 28.1 Å². The third-order valence-electron chi connectivity index (χ3n) is 7.07. The molecule has 0 unspecified atom stereocenters. The molecule has 249 valence electrons. The molecule has 0 aliphatic carbocycles. The molecule has 3 aromatic carbocycles. The molecule has 2 heterocycles. The Labute approximate surface area is 271 Å². The first kappa shape index (κ1) is 33.8. The van der Waals surface area contributed by atoms with Crippen LogP contribution in [0.2, 0.25) is 0 Å². The van der Waals surface area contributed by atoms with Gasteiger partial charge in [-0.1, -0.05) is 24.3 Å². The minimum Gasteiger partial charge on any atom is -0.482 e. The molecule has 0 saturated heterocycles. The van der Waals surface area contributed by atoms with E-state index >= 15 is 0 Å². The number of alkyl halides is 3. The van der Waals surface area contributed by atoms with Crippen molar-refractivity contribution in [2.45, 2.75) is 23.9 Å². The molecule has 5 rings (SSSR count). The van der Waals surface area contributed by atoms with Gasteiger partial charge in [-0.2, -0.15) is 18.2 Å². The third-order valence-corrected chi connectivity index (χ3v) is 8.18. The molecule has 11 nitrogen and oxygen atoms in total. The van der Waals surface area contributed by atoms with Gasteiger partial charge < -0.3 is 14.8 Å². The molecule has 0 spiro atoms. The Morgan fingerprint density at radius 3 is 2.29 bits per heavy atom. The number of anilines is 3. The molecule has 0 aliphatic rings. The van der Waals surface area contributed by atoms with Gasteiger partial charge in [0.1, 0.15) is 18.7 Å². The first-order valence-corrected chi connectivity index (χ1v) is 15.8. The van der Waals surface area contributed by atoms with Gasteiger partial charge in [-0.05, 0) is 66.6 Å². The highest BCUT2D eigenvalue weighted by Crippen LogP contribution is 2.36. The normalized spacial score (nSPS) is 12.4. The van der Waals surface area contributed by atoms with Crippen molar-refractivity contribution in [3.05, 3.63) is 104 Å². The maximum absolute atomic E-state index is 13.2. The highest BCUT2D eigenvalue weighted by atomic mass is 32.2. The van der Waals surface area contributed by atoms with Crippen LogP contribution < -0.4 is 15.0 Å². The standard InChI is InChI=1S/C32H26F4N5O6S/c1-19(20-4-9-23(33)10-5-20)29(42)37-24-11-6-21(7-12-24)22-8-15-28-38-30(39-40(28)17-22)41(31(43)46-2)26-14-13-25(48(3,44)45)16-27(26)47-18-32(34,35)36/h4-17,19H,2,18H2,1,3H3,(H,37,42)/t19-/m1/s1. The first-order chi connectivity index (χ1) is 22.6. The van der Waals surface area contributed by atoms with Crippen LogP contribution in [0, 0.1) is 12.9 Å². The molecule has 0 fully saturated rings. The van der Waals surface area contributed by atoms with Crippen LogP contribution in [0.1, 0.15) is 18.4 Å². The molecule has 16 heteroatoms. The first-order valence-electron chi connectivity index (χ1n) is 14.0. The molecule has 2 aromatic heterocycles. The average Bonchev–Trinajstić information content (AvgIpc) is 3.46. The Balaban J connectivity index is 1.42. The number of pyridine rings is 1. The molecular formula is C32H26F4N5O6S. The second-order valence-electron chi connectivity index (χ2n) is 10.5. The Morgan fingerprint density at radius 1 is 1.00 bits per heavy atom. The third kappa shape index (κ3) is 7.71. The number of nitrogens with zero attached hydrogens (tertiary/aromatic N) is 4. The second-order valence-corrected chi connectivity index (χ2v) is 12.5. The van der Waals surface area contributed by atoms with Crippen molar-refractivity contribution in [2.24, 2.45) is 0 Å². The van der Waals surface area contributed by atoms with Gasteiger partial charge in [0.25, 0.3) is 5.95 Å². The van der Waals surface area contributed by atoms with Gasteiger partial charge in [0.2, 0.25) is 5.91 Å². The molecule has 0 aliphatic heterocycles. The predicted molar refractivity (Wildman–Crippen MR) is 167 cm³/mol. The lowest BCUT2D eigenvalue weighted by Crippen LogP contribution is -2.28. The Kier molecular flexibility index (Phi) is 9.38. The zero-order valence-corrected chi connectivity index (χ0v) is 26.0. The summed E-state index contributed by atoms with van der Waals surface area (Å²) in [5, 5.41) is 7.13. The van der Waals surface area contributed by atoms with Crippen molar-refractivity contribution < 1.29 is 45.0 Å². The Morgan fingerprint density at radius 2 is 1.67 bits per heavy atom. The van der Waals surface area contributed by atoms with Gasteiger partial charge in [-0.25, -0.2) is 27.0 Å². The van der Waals surface area contributed by atoms with E-state index in [1.54, 1.807) is 61.7 Å². The number of hydrogen-bond donors (Lipinski definition) is 1. The number of sulfone groups is 1. The number of hydrogen-bond acceptors (Lipinski definition) is 8. The van der Waals surface area contributed by atoms with E-state index in [1.165, 1.54) is 16.6 Å². The minimum atomic E-state index is -4.78. The van der Waals surface area contributed by atoms with Crippen LogP contribution in [0.15, 0.2) is 90.0 Å². The molecule has 5 aromatic rings. The summed E-state index contributed by atoms with van der Waals surface area (Å²) in [4.78, 5) is 30.2. The van der Waals surface area contributed by atoms with Crippen molar-refractivity contribution in [3.8, 4) is 16.9 Å². The number of ether oxygens (including phenoxy) is 2. The van der Waals surface area contributed by atoms with Crippen LogP contribution >= 0.6 is 0 Å². The van der Waals surface area contributed by atoms with Crippen LogP contribution in [0.25, 0.3) is 16.8 Å². The van der Waals surface area contributed by atoms with Gasteiger partial charge in [-0.15, -0.1) is 5.10 Å². The van der Waals surface area contributed by atoms with Gasteiger partial charge in [-0.3, -0.25) is 4.79 Å². The van der Waals surface area contributed by atoms with E-state index in [4.69, 9.17) is 4.74 Å². The highest BCUT2D eigenvalue weighted by molar-refractivity contribution is 7.90. The fourth-order valence-corrected chi connectivity index (χ4v) is 5.21. The summed E-state index contributed by atoms with van der Waals surface area (Å²) >= 11 is 0. The lowest BCUT2D eigenvalue weighted by molar-refractivity contribution is -0.153. The second kappa shape index (κ2) is 13.3. The van der Waals surface area contributed by atoms with E-state index in [0.717, 1.165) is 24.5 Å². The van der Waals surface area contributed by atoms with Crippen molar-refractivity contribution in [3.63, 3.8) is 0 Å². The number of rotatable bonds is 9. The monoisotopic (exact) mass is 684 g/mol.